The van der Waals surface area contributed by atoms with E-state index in [0.717, 1.165) is 5.56 Å². The van der Waals surface area contributed by atoms with E-state index < -0.39 is 17.6 Å². The Bertz CT molecular complexity index is 340. The first kappa shape index (κ1) is 11.5. The number of ether oxygens (including phenoxy) is 1. The number of benzene rings is 1. The predicted octanol–water partition coefficient (Wildman–Crippen LogP) is 0.875. The minimum absolute atomic E-state index is 0.174. The molecule has 82 valence electrons. The van der Waals surface area contributed by atoms with Crippen LogP contribution in [-0.4, -0.2) is 29.8 Å². The van der Waals surface area contributed by atoms with E-state index in [1.807, 2.05) is 0 Å². The Morgan fingerprint density at radius 2 is 2.20 bits per heavy atom. The molecule has 1 rings (SSSR count). The first-order valence-corrected chi connectivity index (χ1v) is 4.55. The van der Waals surface area contributed by atoms with Crippen molar-refractivity contribution in [3.8, 4) is 5.75 Å². The highest BCUT2D eigenvalue weighted by molar-refractivity contribution is 5.33. The largest absolute Gasteiger partial charge is 0.496 e. The highest BCUT2D eigenvalue weighted by atomic mass is 16.6. The van der Waals surface area contributed by atoms with Gasteiger partial charge in [0.1, 0.15) is 12.4 Å². The number of para-hydroxylation sites is 1. The molecule has 5 nitrogen and oxygen atoms in total. The lowest BCUT2D eigenvalue weighted by atomic mass is 10.1. The van der Waals surface area contributed by atoms with Crippen molar-refractivity contribution in [1.82, 2.24) is 0 Å². The molecule has 0 aromatic heterocycles. The van der Waals surface area contributed by atoms with E-state index in [1.165, 1.54) is 7.11 Å². The maximum Gasteiger partial charge on any atom is 0.239 e. The molecule has 1 N–H and O–H groups in total. The third-order valence-electron chi connectivity index (χ3n) is 2.16. The summed E-state index contributed by atoms with van der Waals surface area (Å²) in [5, 5.41) is 19.4. The monoisotopic (exact) mass is 211 g/mol. The quantitative estimate of drug-likeness (QED) is 0.579. The molecule has 0 amide bonds. The van der Waals surface area contributed by atoms with Crippen molar-refractivity contribution in [3.63, 3.8) is 0 Å². The van der Waals surface area contributed by atoms with Gasteiger partial charge in [0, 0.05) is 16.9 Å². The second-order valence-corrected chi connectivity index (χ2v) is 3.14. The topological polar surface area (TPSA) is 72.6 Å². The van der Waals surface area contributed by atoms with Gasteiger partial charge in [0.15, 0.2) is 0 Å². The summed E-state index contributed by atoms with van der Waals surface area (Å²) in [7, 11) is 1.51. The molecule has 15 heavy (non-hydrogen) atoms. The van der Waals surface area contributed by atoms with Gasteiger partial charge in [-0.05, 0) is 6.07 Å². The number of aliphatic hydroxyl groups is 1. The Balaban J connectivity index is 2.82. The fourth-order valence-corrected chi connectivity index (χ4v) is 1.33. The SMILES string of the molecule is COc1ccccc1CC(CO)[N+](=O)[O-]. The van der Waals surface area contributed by atoms with E-state index in [4.69, 9.17) is 9.84 Å². The van der Waals surface area contributed by atoms with Crippen LogP contribution in [0.25, 0.3) is 0 Å². The van der Waals surface area contributed by atoms with Gasteiger partial charge < -0.3 is 9.84 Å². The standard InChI is InChI=1S/C10H13NO4/c1-15-10-5-3-2-4-8(10)6-9(7-12)11(13)14/h2-5,9,12H,6-7H2,1H3. The van der Waals surface area contributed by atoms with Gasteiger partial charge in [-0.3, -0.25) is 10.1 Å². The molecule has 0 spiro atoms. The number of methoxy groups -OCH3 is 1. The van der Waals surface area contributed by atoms with Gasteiger partial charge in [0.05, 0.1) is 7.11 Å². The van der Waals surface area contributed by atoms with Crippen molar-refractivity contribution in [2.24, 2.45) is 0 Å². The summed E-state index contributed by atoms with van der Waals surface area (Å²) < 4.78 is 5.07. The molecule has 0 heterocycles. The van der Waals surface area contributed by atoms with Crippen LogP contribution in [0.15, 0.2) is 24.3 Å². The number of nitrogens with zero attached hydrogens (tertiary/aromatic N) is 1. The minimum atomic E-state index is -0.971. The molecule has 0 aliphatic carbocycles. The van der Waals surface area contributed by atoms with Gasteiger partial charge in [-0.25, -0.2) is 0 Å². The maximum atomic E-state index is 10.5. The lowest BCUT2D eigenvalue weighted by Gasteiger charge is -2.10. The summed E-state index contributed by atoms with van der Waals surface area (Å²) in [4.78, 5) is 10.1. The summed E-state index contributed by atoms with van der Waals surface area (Å²) in [6.07, 6.45) is 0.174. The zero-order chi connectivity index (χ0) is 11.3. The summed E-state index contributed by atoms with van der Waals surface area (Å²) >= 11 is 0. The fraction of sp³-hybridized carbons (Fsp3) is 0.400. The zero-order valence-electron chi connectivity index (χ0n) is 8.42. The Labute approximate surface area is 87.5 Å². The maximum absolute atomic E-state index is 10.5. The third kappa shape index (κ3) is 2.92. The van der Waals surface area contributed by atoms with Crippen molar-refractivity contribution in [2.75, 3.05) is 13.7 Å². The average Bonchev–Trinajstić information content (AvgIpc) is 2.25. The number of hydrogen-bond donors (Lipinski definition) is 1. The van der Waals surface area contributed by atoms with Gasteiger partial charge in [-0.1, -0.05) is 18.2 Å². The second kappa shape index (κ2) is 5.31. The first-order chi connectivity index (χ1) is 7.19. The summed E-state index contributed by atoms with van der Waals surface area (Å²) in [6.45, 7) is -0.467. The van der Waals surface area contributed by atoms with Crippen LogP contribution >= 0.6 is 0 Å². The Morgan fingerprint density at radius 1 is 1.53 bits per heavy atom. The number of rotatable bonds is 5. The molecule has 1 aromatic carbocycles. The van der Waals surface area contributed by atoms with Crippen LogP contribution in [-0.2, 0) is 6.42 Å². The molecule has 5 heteroatoms. The highest BCUT2D eigenvalue weighted by Crippen LogP contribution is 2.19. The molecule has 0 bridgehead atoms. The van der Waals surface area contributed by atoms with Gasteiger partial charge >= 0.3 is 0 Å². The van der Waals surface area contributed by atoms with Crippen molar-refractivity contribution >= 4 is 0 Å². The molecule has 0 fully saturated rings. The Kier molecular flexibility index (Phi) is 4.05. The average molecular weight is 211 g/mol. The Morgan fingerprint density at radius 3 is 2.73 bits per heavy atom. The molecule has 1 atom stereocenters. The van der Waals surface area contributed by atoms with E-state index in [1.54, 1.807) is 24.3 Å². The molecular formula is C10H13NO4. The molecule has 1 aromatic rings. The lowest BCUT2D eigenvalue weighted by molar-refractivity contribution is -0.525. The number of hydrogen-bond acceptors (Lipinski definition) is 4. The van der Waals surface area contributed by atoms with Crippen LogP contribution in [0, 0.1) is 10.1 Å². The molecule has 0 aliphatic heterocycles. The van der Waals surface area contributed by atoms with Crippen molar-refractivity contribution in [2.45, 2.75) is 12.5 Å². The molecular weight excluding hydrogens is 198 g/mol. The van der Waals surface area contributed by atoms with Crippen LogP contribution in [0.2, 0.25) is 0 Å². The smallest absolute Gasteiger partial charge is 0.239 e. The van der Waals surface area contributed by atoms with Gasteiger partial charge in [-0.2, -0.15) is 0 Å². The predicted molar refractivity (Wildman–Crippen MR) is 54.6 cm³/mol. The summed E-state index contributed by atoms with van der Waals surface area (Å²) in [6, 6.07) is 6.10. The van der Waals surface area contributed by atoms with E-state index in [2.05, 4.69) is 0 Å². The van der Waals surface area contributed by atoms with Gasteiger partial charge in [0.2, 0.25) is 6.04 Å². The van der Waals surface area contributed by atoms with Crippen LogP contribution in [0.1, 0.15) is 5.56 Å². The minimum Gasteiger partial charge on any atom is -0.496 e. The number of aliphatic hydroxyl groups excluding tert-OH is 1. The third-order valence-corrected chi connectivity index (χ3v) is 2.16. The van der Waals surface area contributed by atoms with Crippen molar-refractivity contribution in [3.05, 3.63) is 39.9 Å². The summed E-state index contributed by atoms with van der Waals surface area (Å²) in [5.74, 6) is 0.609. The molecule has 0 saturated carbocycles. The highest BCUT2D eigenvalue weighted by Gasteiger charge is 2.20. The van der Waals surface area contributed by atoms with Gasteiger partial charge in [-0.15, -0.1) is 0 Å². The zero-order valence-corrected chi connectivity index (χ0v) is 8.42. The van der Waals surface area contributed by atoms with E-state index in [9.17, 15) is 10.1 Å². The molecule has 1 unspecified atom stereocenters. The van der Waals surface area contributed by atoms with Crippen molar-refractivity contribution < 1.29 is 14.8 Å². The summed E-state index contributed by atoms with van der Waals surface area (Å²) in [5.41, 5.74) is 0.732. The second-order valence-electron chi connectivity index (χ2n) is 3.14. The van der Waals surface area contributed by atoms with Crippen LogP contribution in [0.4, 0.5) is 0 Å². The molecule has 0 saturated heterocycles. The lowest BCUT2D eigenvalue weighted by Crippen LogP contribution is -2.26. The van der Waals surface area contributed by atoms with Gasteiger partial charge in [0.25, 0.3) is 0 Å². The first-order valence-electron chi connectivity index (χ1n) is 4.55. The fourth-order valence-electron chi connectivity index (χ4n) is 1.33. The van der Waals surface area contributed by atoms with Crippen LogP contribution in [0.3, 0.4) is 0 Å². The molecule has 0 aliphatic rings. The van der Waals surface area contributed by atoms with E-state index in [0.29, 0.717) is 5.75 Å². The van der Waals surface area contributed by atoms with E-state index in [-0.39, 0.29) is 6.42 Å². The van der Waals surface area contributed by atoms with E-state index >= 15 is 0 Å². The van der Waals surface area contributed by atoms with Crippen LogP contribution < -0.4 is 4.74 Å². The van der Waals surface area contributed by atoms with Crippen molar-refractivity contribution in [1.29, 1.82) is 0 Å². The van der Waals surface area contributed by atoms with Crippen LogP contribution in [0.5, 0.6) is 5.75 Å². The normalized spacial score (nSPS) is 12.1. The molecule has 0 radical (unpaired) electrons. The Hall–Kier alpha value is -1.62. The number of nitro groups is 1.